The van der Waals surface area contributed by atoms with Crippen molar-refractivity contribution >= 4 is 41.3 Å². The first-order valence-electron chi connectivity index (χ1n) is 9.91. The molecule has 1 saturated heterocycles. The Balaban J connectivity index is 0.00000280. The lowest BCUT2D eigenvalue weighted by molar-refractivity contribution is 0.158. The monoisotopic (exact) mass is 513 g/mol. The first kappa shape index (κ1) is 23.1. The molecular formula is C21H32IN5S. The molecule has 5 nitrogen and oxygen atoms in total. The Morgan fingerprint density at radius 1 is 1.29 bits per heavy atom. The summed E-state index contributed by atoms with van der Waals surface area (Å²) in [5, 5.41) is 8.06. The second-order valence-electron chi connectivity index (χ2n) is 7.10. The Hall–Kier alpha value is -1.19. The number of nitrogens with one attached hydrogen (secondary N) is 2. The molecule has 7 heteroatoms. The lowest BCUT2D eigenvalue weighted by Crippen LogP contribution is -2.49. The standard InChI is InChI=1S/C21H31N5S.HI/c1-4-22-21(24-15-20-23-14-16(2)27-20)25-19-10-12-26(13-11-19)17(3)18-8-6-5-7-9-18;/h5-9,14,17,19H,4,10-13,15H2,1-3H3,(H2,22,24,25);1H. The minimum atomic E-state index is 0. The Bertz CT molecular complexity index is 725. The highest BCUT2D eigenvalue weighted by Gasteiger charge is 2.24. The normalized spacial score (nSPS) is 17.0. The molecule has 1 aromatic heterocycles. The summed E-state index contributed by atoms with van der Waals surface area (Å²) < 4.78 is 0. The fraction of sp³-hybridized carbons (Fsp3) is 0.524. The highest BCUT2D eigenvalue weighted by Crippen LogP contribution is 2.24. The third-order valence-corrected chi connectivity index (χ3v) is 5.98. The van der Waals surface area contributed by atoms with Gasteiger partial charge in [-0.2, -0.15) is 0 Å². The summed E-state index contributed by atoms with van der Waals surface area (Å²) in [5.41, 5.74) is 1.40. The molecule has 0 spiro atoms. The van der Waals surface area contributed by atoms with Crippen molar-refractivity contribution in [2.24, 2.45) is 4.99 Å². The van der Waals surface area contributed by atoms with Gasteiger partial charge in [-0.3, -0.25) is 4.90 Å². The van der Waals surface area contributed by atoms with Gasteiger partial charge in [-0.05, 0) is 39.2 Å². The van der Waals surface area contributed by atoms with Gasteiger partial charge in [0.05, 0.1) is 6.54 Å². The molecule has 0 aliphatic carbocycles. The zero-order valence-corrected chi connectivity index (χ0v) is 20.2. The van der Waals surface area contributed by atoms with Gasteiger partial charge in [0.1, 0.15) is 5.01 Å². The number of aliphatic imine (C=N–C) groups is 1. The number of likely N-dealkylation sites (tertiary alicyclic amines) is 1. The van der Waals surface area contributed by atoms with Crippen LogP contribution in [0.5, 0.6) is 0 Å². The Morgan fingerprint density at radius 2 is 2.00 bits per heavy atom. The molecule has 1 aliphatic rings. The van der Waals surface area contributed by atoms with Crippen LogP contribution in [0.3, 0.4) is 0 Å². The molecule has 2 heterocycles. The topological polar surface area (TPSA) is 52.6 Å². The van der Waals surface area contributed by atoms with Crippen molar-refractivity contribution in [1.82, 2.24) is 20.5 Å². The summed E-state index contributed by atoms with van der Waals surface area (Å²) in [7, 11) is 0. The first-order chi connectivity index (χ1) is 13.2. The fourth-order valence-electron chi connectivity index (χ4n) is 3.51. The lowest BCUT2D eigenvalue weighted by atomic mass is 10.0. The Morgan fingerprint density at radius 3 is 2.61 bits per heavy atom. The summed E-state index contributed by atoms with van der Waals surface area (Å²) in [4.78, 5) is 12.9. The minimum absolute atomic E-state index is 0. The highest BCUT2D eigenvalue weighted by atomic mass is 127. The number of thiazole rings is 1. The summed E-state index contributed by atoms with van der Waals surface area (Å²) in [6, 6.07) is 11.7. The van der Waals surface area contributed by atoms with Crippen LogP contribution in [-0.4, -0.2) is 41.5 Å². The van der Waals surface area contributed by atoms with Gasteiger partial charge in [0, 0.05) is 42.8 Å². The molecule has 1 aliphatic heterocycles. The van der Waals surface area contributed by atoms with Gasteiger partial charge in [0.15, 0.2) is 5.96 Å². The second kappa shape index (κ2) is 11.7. The third kappa shape index (κ3) is 6.70. The number of rotatable bonds is 6. The molecule has 2 N–H and O–H groups in total. The van der Waals surface area contributed by atoms with Crippen LogP contribution in [0.1, 0.15) is 48.2 Å². The molecule has 0 radical (unpaired) electrons. The maximum atomic E-state index is 4.72. The number of aryl methyl sites for hydroxylation is 1. The van der Waals surface area contributed by atoms with Crippen LogP contribution in [0.4, 0.5) is 0 Å². The van der Waals surface area contributed by atoms with Crippen molar-refractivity contribution in [2.45, 2.75) is 52.2 Å². The largest absolute Gasteiger partial charge is 0.357 e. The number of halogens is 1. The van der Waals surface area contributed by atoms with E-state index in [9.17, 15) is 0 Å². The summed E-state index contributed by atoms with van der Waals surface area (Å²) in [6.45, 7) is 10.2. The van der Waals surface area contributed by atoms with E-state index in [1.54, 1.807) is 11.3 Å². The van der Waals surface area contributed by atoms with E-state index in [0.29, 0.717) is 18.6 Å². The van der Waals surface area contributed by atoms with Crippen molar-refractivity contribution in [3.63, 3.8) is 0 Å². The zero-order chi connectivity index (χ0) is 19.1. The first-order valence-corrected chi connectivity index (χ1v) is 10.7. The molecule has 0 bridgehead atoms. The maximum absolute atomic E-state index is 4.72. The van der Waals surface area contributed by atoms with E-state index in [2.05, 4.69) is 71.6 Å². The van der Waals surface area contributed by atoms with Crippen LogP contribution in [0.25, 0.3) is 0 Å². The van der Waals surface area contributed by atoms with Gasteiger partial charge in [0.2, 0.25) is 0 Å². The van der Waals surface area contributed by atoms with Gasteiger partial charge in [-0.1, -0.05) is 30.3 Å². The molecule has 2 aromatic rings. The average molecular weight is 513 g/mol. The molecule has 3 rings (SSSR count). The smallest absolute Gasteiger partial charge is 0.191 e. The van der Waals surface area contributed by atoms with E-state index < -0.39 is 0 Å². The minimum Gasteiger partial charge on any atom is -0.357 e. The molecule has 1 aromatic carbocycles. The van der Waals surface area contributed by atoms with Gasteiger partial charge in [-0.25, -0.2) is 9.98 Å². The van der Waals surface area contributed by atoms with Crippen LogP contribution < -0.4 is 10.6 Å². The summed E-state index contributed by atoms with van der Waals surface area (Å²) >= 11 is 1.71. The van der Waals surface area contributed by atoms with Crippen molar-refractivity contribution < 1.29 is 0 Å². The molecule has 0 amide bonds. The molecule has 28 heavy (non-hydrogen) atoms. The van der Waals surface area contributed by atoms with Crippen molar-refractivity contribution in [1.29, 1.82) is 0 Å². The number of hydrogen-bond donors (Lipinski definition) is 2. The van der Waals surface area contributed by atoms with Crippen molar-refractivity contribution in [3.05, 3.63) is 52.0 Å². The number of guanidine groups is 1. The number of hydrogen-bond acceptors (Lipinski definition) is 4. The Kier molecular flexibility index (Phi) is 9.67. The van der Waals surface area contributed by atoms with E-state index in [4.69, 9.17) is 4.99 Å². The predicted octanol–water partition coefficient (Wildman–Crippen LogP) is 4.35. The maximum Gasteiger partial charge on any atom is 0.191 e. The van der Waals surface area contributed by atoms with Crippen molar-refractivity contribution in [2.75, 3.05) is 19.6 Å². The van der Waals surface area contributed by atoms with Crippen LogP contribution in [-0.2, 0) is 6.54 Å². The fourth-order valence-corrected chi connectivity index (χ4v) is 4.22. The molecule has 1 unspecified atom stereocenters. The predicted molar refractivity (Wildman–Crippen MR) is 130 cm³/mol. The van der Waals surface area contributed by atoms with Gasteiger partial charge >= 0.3 is 0 Å². The summed E-state index contributed by atoms with van der Waals surface area (Å²) in [5.74, 6) is 0.903. The summed E-state index contributed by atoms with van der Waals surface area (Å²) in [6.07, 6.45) is 4.19. The van der Waals surface area contributed by atoms with Crippen LogP contribution >= 0.6 is 35.3 Å². The molecular weight excluding hydrogens is 481 g/mol. The van der Waals surface area contributed by atoms with E-state index in [1.807, 2.05) is 6.20 Å². The molecule has 1 atom stereocenters. The number of nitrogens with zero attached hydrogens (tertiary/aromatic N) is 3. The van der Waals surface area contributed by atoms with Crippen molar-refractivity contribution in [3.8, 4) is 0 Å². The van der Waals surface area contributed by atoms with Gasteiger partial charge in [-0.15, -0.1) is 35.3 Å². The highest BCUT2D eigenvalue weighted by molar-refractivity contribution is 14.0. The average Bonchev–Trinajstić information content (AvgIpc) is 3.12. The van der Waals surface area contributed by atoms with E-state index in [0.717, 1.165) is 43.4 Å². The second-order valence-corrected chi connectivity index (χ2v) is 8.42. The van der Waals surface area contributed by atoms with Gasteiger partial charge < -0.3 is 10.6 Å². The molecule has 154 valence electrons. The molecule has 0 saturated carbocycles. The number of piperidine rings is 1. The lowest BCUT2D eigenvalue weighted by Gasteiger charge is -2.37. The van der Waals surface area contributed by atoms with Crippen LogP contribution in [0, 0.1) is 6.92 Å². The van der Waals surface area contributed by atoms with E-state index >= 15 is 0 Å². The zero-order valence-electron chi connectivity index (χ0n) is 17.0. The van der Waals surface area contributed by atoms with E-state index in [-0.39, 0.29) is 24.0 Å². The SMILES string of the molecule is CCNC(=NCc1ncc(C)s1)NC1CCN(C(C)c2ccccc2)CC1.I. The molecule has 1 fully saturated rings. The van der Waals surface area contributed by atoms with Gasteiger partial charge in [0.25, 0.3) is 0 Å². The van der Waals surface area contributed by atoms with E-state index in [1.165, 1.54) is 10.4 Å². The van der Waals surface area contributed by atoms with Crippen LogP contribution in [0.15, 0.2) is 41.5 Å². The number of aromatic nitrogens is 1. The Labute approximate surface area is 190 Å². The van der Waals surface area contributed by atoms with Crippen LogP contribution in [0.2, 0.25) is 0 Å². The quantitative estimate of drug-likeness (QED) is 0.343. The number of benzene rings is 1. The third-order valence-electron chi connectivity index (χ3n) is 5.09.